The highest BCUT2D eigenvalue weighted by Crippen LogP contribution is 2.32. The largest absolute Gasteiger partial charge is 0.487 e. The van der Waals surface area contributed by atoms with Gasteiger partial charge in [-0.15, -0.1) is 0 Å². The third kappa shape index (κ3) is 4.95. The fraction of sp³-hybridized carbons (Fsp3) is 0.273. The highest BCUT2D eigenvalue weighted by atomic mass is 35.5. The Kier molecular flexibility index (Phi) is 6.54. The van der Waals surface area contributed by atoms with E-state index < -0.39 is 5.63 Å². The molecule has 0 aliphatic heterocycles. The first kappa shape index (κ1) is 20.9. The van der Waals surface area contributed by atoms with Gasteiger partial charge in [0.15, 0.2) is 0 Å². The summed E-state index contributed by atoms with van der Waals surface area (Å²) < 4.78 is 29.1. The predicted molar refractivity (Wildman–Crippen MR) is 108 cm³/mol. The van der Waals surface area contributed by atoms with E-state index in [0.717, 1.165) is 5.56 Å². The summed E-state index contributed by atoms with van der Waals surface area (Å²) in [5, 5.41) is 1.02. The number of hydrogen-bond donors (Lipinski definition) is 0. The van der Waals surface area contributed by atoms with E-state index in [4.69, 9.17) is 25.5 Å². The van der Waals surface area contributed by atoms with Crippen LogP contribution < -0.4 is 10.4 Å². The molecule has 3 rings (SSSR count). The van der Waals surface area contributed by atoms with Gasteiger partial charge in [0, 0.05) is 23.4 Å². The summed E-state index contributed by atoms with van der Waals surface area (Å²) in [6.45, 7) is 3.99. The minimum atomic E-state index is -0.508. The summed E-state index contributed by atoms with van der Waals surface area (Å²) in [4.78, 5) is 24.0. The van der Waals surface area contributed by atoms with Crippen LogP contribution in [0.2, 0.25) is 5.02 Å². The van der Waals surface area contributed by atoms with Crippen LogP contribution in [0.15, 0.2) is 45.6 Å². The van der Waals surface area contributed by atoms with Crippen molar-refractivity contribution in [1.82, 2.24) is 0 Å². The number of carbonyl (C=O) groups is 1. The van der Waals surface area contributed by atoms with Crippen LogP contribution >= 0.6 is 11.6 Å². The van der Waals surface area contributed by atoms with Crippen LogP contribution in [0.4, 0.5) is 4.39 Å². The van der Waals surface area contributed by atoms with Gasteiger partial charge in [-0.05, 0) is 49.6 Å². The van der Waals surface area contributed by atoms with Gasteiger partial charge in [-0.2, -0.15) is 0 Å². The number of aryl methyl sites for hydroxylation is 1. The summed E-state index contributed by atoms with van der Waals surface area (Å²) in [5.74, 6) is -0.340. The second-order valence-electron chi connectivity index (χ2n) is 6.49. The van der Waals surface area contributed by atoms with Crippen molar-refractivity contribution in [2.45, 2.75) is 33.3 Å². The first-order valence-electron chi connectivity index (χ1n) is 9.17. The van der Waals surface area contributed by atoms with Gasteiger partial charge in [-0.3, -0.25) is 4.79 Å². The Bertz CT molecular complexity index is 1090. The normalized spacial score (nSPS) is 10.9. The van der Waals surface area contributed by atoms with Crippen molar-refractivity contribution in [2.24, 2.45) is 0 Å². The van der Waals surface area contributed by atoms with Crippen LogP contribution in [0.1, 0.15) is 30.0 Å². The number of halogens is 2. The predicted octanol–water partition coefficient (Wildman–Crippen LogP) is 4.97. The molecular weight excluding hydrogens is 399 g/mol. The number of benzene rings is 2. The fourth-order valence-corrected chi connectivity index (χ4v) is 3.21. The molecule has 1 heterocycles. The van der Waals surface area contributed by atoms with Gasteiger partial charge in [0.1, 0.15) is 23.8 Å². The van der Waals surface area contributed by atoms with E-state index in [0.29, 0.717) is 39.5 Å². The lowest BCUT2D eigenvalue weighted by atomic mass is 10.0. The van der Waals surface area contributed by atoms with Crippen molar-refractivity contribution in [3.8, 4) is 5.75 Å². The molecule has 2 aromatic carbocycles. The number of rotatable bonds is 7. The molecule has 0 spiro atoms. The molecule has 0 aliphatic carbocycles. The van der Waals surface area contributed by atoms with E-state index in [9.17, 15) is 14.0 Å². The van der Waals surface area contributed by atoms with Crippen LogP contribution in [0.3, 0.4) is 0 Å². The summed E-state index contributed by atoms with van der Waals surface area (Å²) in [5.41, 5.74) is 1.72. The van der Waals surface area contributed by atoms with Gasteiger partial charge in [0.25, 0.3) is 0 Å². The molecule has 5 nitrogen and oxygen atoms in total. The molecule has 0 fully saturated rings. The zero-order valence-corrected chi connectivity index (χ0v) is 16.8. The monoisotopic (exact) mass is 418 g/mol. The summed E-state index contributed by atoms with van der Waals surface area (Å²) in [6.07, 6.45) is 0.320. The molecular formula is C22H20ClFO5. The standard InChI is InChI=1S/C22H20ClFO5/c1-3-27-21(25)9-8-16-13(2)17-10-18(23)20(11-19(17)29-22(16)26)28-12-14-4-6-15(24)7-5-14/h4-7,10-11H,3,8-9,12H2,1-2H3. The Labute approximate surface area is 172 Å². The zero-order valence-electron chi connectivity index (χ0n) is 16.1. The number of fused-ring (bicyclic) bond motifs is 1. The quantitative estimate of drug-likeness (QED) is 0.400. The molecule has 29 heavy (non-hydrogen) atoms. The van der Waals surface area contributed by atoms with Crippen LogP contribution in [-0.2, 0) is 22.6 Å². The second kappa shape index (κ2) is 9.09. The average molecular weight is 419 g/mol. The highest BCUT2D eigenvalue weighted by Gasteiger charge is 2.16. The van der Waals surface area contributed by atoms with Gasteiger partial charge < -0.3 is 13.9 Å². The van der Waals surface area contributed by atoms with Gasteiger partial charge >= 0.3 is 11.6 Å². The lowest BCUT2D eigenvalue weighted by Crippen LogP contribution is -2.13. The molecule has 0 saturated heterocycles. The van der Waals surface area contributed by atoms with Gasteiger partial charge in [0.2, 0.25) is 0 Å². The zero-order chi connectivity index (χ0) is 21.0. The molecule has 0 N–H and O–H groups in total. The number of esters is 1. The minimum Gasteiger partial charge on any atom is -0.487 e. The number of ether oxygens (including phenoxy) is 2. The van der Waals surface area contributed by atoms with Crippen molar-refractivity contribution in [1.29, 1.82) is 0 Å². The van der Waals surface area contributed by atoms with Crippen molar-refractivity contribution in [2.75, 3.05) is 6.61 Å². The van der Waals surface area contributed by atoms with E-state index in [2.05, 4.69) is 0 Å². The Morgan fingerprint density at radius 3 is 2.62 bits per heavy atom. The smallest absolute Gasteiger partial charge is 0.339 e. The molecule has 7 heteroatoms. The second-order valence-corrected chi connectivity index (χ2v) is 6.90. The fourth-order valence-electron chi connectivity index (χ4n) is 2.99. The molecule has 0 amide bonds. The van der Waals surface area contributed by atoms with Crippen molar-refractivity contribution >= 4 is 28.5 Å². The Morgan fingerprint density at radius 2 is 1.93 bits per heavy atom. The first-order chi connectivity index (χ1) is 13.9. The van der Waals surface area contributed by atoms with Crippen LogP contribution in [0, 0.1) is 12.7 Å². The van der Waals surface area contributed by atoms with Gasteiger partial charge in [-0.25, -0.2) is 9.18 Å². The molecule has 1 aromatic heterocycles. The Morgan fingerprint density at radius 1 is 1.21 bits per heavy atom. The first-order valence-corrected chi connectivity index (χ1v) is 9.55. The van der Waals surface area contributed by atoms with E-state index in [1.165, 1.54) is 12.1 Å². The molecule has 0 radical (unpaired) electrons. The third-order valence-electron chi connectivity index (χ3n) is 4.53. The topological polar surface area (TPSA) is 65.7 Å². The van der Waals surface area contributed by atoms with Gasteiger partial charge in [0.05, 0.1) is 11.6 Å². The molecule has 0 atom stereocenters. The lowest BCUT2D eigenvalue weighted by Gasteiger charge is -2.12. The summed E-state index contributed by atoms with van der Waals surface area (Å²) >= 11 is 6.35. The van der Waals surface area contributed by atoms with E-state index in [1.807, 2.05) is 0 Å². The molecule has 0 unspecified atom stereocenters. The van der Waals surface area contributed by atoms with Crippen LogP contribution in [0.5, 0.6) is 5.75 Å². The molecule has 0 bridgehead atoms. The van der Waals surface area contributed by atoms with E-state index >= 15 is 0 Å². The third-order valence-corrected chi connectivity index (χ3v) is 4.83. The van der Waals surface area contributed by atoms with Gasteiger partial charge in [-0.1, -0.05) is 23.7 Å². The molecule has 0 saturated carbocycles. The molecule has 152 valence electrons. The minimum absolute atomic E-state index is 0.0948. The summed E-state index contributed by atoms with van der Waals surface area (Å²) in [7, 11) is 0. The maximum absolute atomic E-state index is 13.0. The van der Waals surface area contributed by atoms with Crippen molar-refractivity contribution in [3.63, 3.8) is 0 Å². The van der Waals surface area contributed by atoms with E-state index in [1.54, 1.807) is 38.1 Å². The SMILES string of the molecule is CCOC(=O)CCc1c(C)c2cc(Cl)c(OCc3ccc(F)cc3)cc2oc1=O. The van der Waals surface area contributed by atoms with E-state index in [-0.39, 0.29) is 31.2 Å². The number of carbonyl (C=O) groups excluding carboxylic acids is 1. The maximum atomic E-state index is 13.0. The van der Waals surface area contributed by atoms with Crippen LogP contribution in [0.25, 0.3) is 11.0 Å². The highest BCUT2D eigenvalue weighted by molar-refractivity contribution is 6.32. The van der Waals surface area contributed by atoms with Crippen molar-refractivity contribution < 1.29 is 23.1 Å². The number of hydrogen-bond acceptors (Lipinski definition) is 5. The Hall–Kier alpha value is -2.86. The maximum Gasteiger partial charge on any atom is 0.339 e. The summed E-state index contributed by atoms with van der Waals surface area (Å²) in [6, 6.07) is 9.16. The average Bonchev–Trinajstić information content (AvgIpc) is 2.68. The van der Waals surface area contributed by atoms with Crippen LogP contribution in [-0.4, -0.2) is 12.6 Å². The lowest BCUT2D eigenvalue weighted by molar-refractivity contribution is -0.143. The molecule has 3 aromatic rings. The molecule has 0 aliphatic rings. The van der Waals surface area contributed by atoms with Crippen molar-refractivity contribution in [3.05, 3.63) is 74.3 Å². The Balaban J connectivity index is 1.85.